The molecule has 0 unspecified atom stereocenters. The summed E-state index contributed by atoms with van der Waals surface area (Å²) in [7, 11) is 1.49. The van der Waals surface area contributed by atoms with E-state index in [4.69, 9.17) is 16.3 Å². The SMILES string of the molecule is COc1nc(Cl)nc(N(CCO)C2CCCCC2)n1. The van der Waals surface area contributed by atoms with E-state index in [1.807, 2.05) is 4.90 Å². The van der Waals surface area contributed by atoms with Crippen molar-refractivity contribution in [2.24, 2.45) is 0 Å². The van der Waals surface area contributed by atoms with Gasteiger partial charge in [-0.05, 0) is 24.4 Å². The molecule has 0 aliphatic heterocycles. The molecule has 2 rings (SSSR count). The predicted molar refractivity (Wildman–Crippen MR) is 72.7 cm³/mol. The van der Waals surface area contributed by atoms with Crippen LogP contribution in [0.15, 0.2) is 0 Å². The van der Waals surface area contributed by atoms with Crippen LogP contribution in [-0.4, -0.2) is 46.4 Å². The zero-order valence-electron chi connectivity index (χ0n) is 11.0. The van der Waals surface area contributed by atoms with Crippen molar-refractivity contribution in [1.82, 2.24) is 15.0 Å². The number of ether oxygens (including phenoxy) is 1. The molecular weight excluding hydrogens is 268 g/mol. The molecule has 1 heterocycles. The Labute approximate surface area is 117 Å². The molecule has 1 saturated carbocycles. The van der Waals surface area contributed by atoms with Crippen LogP contribution in [0.2, 0.25) is 5.28 Å². The number of anilines is 1. The monoisotopic (exact) mass is 286 g/mol. The van der Waals surface area contributed by atoms with Crippen molar-refractivity contribution in [3.05, 3.63) is 5.28 Å². The van der Waals surface area contributed by atoms with Crippen molar-refractivity contribution in [3.63, 3.8) is 0 Å². The van der Waals surface area contributed by atoms with E-state index in [-0.39, 0.29) is 17.9 Å². The van der Waals surface area contributed by atoms with Crippen molar-refractivity contribution >= 4 is 17.5 Å². The molecule has 1 aromatic rings. The van der Waals surface area contributed by atoms with E-state index < -0.39 is 0 Å². The van der Waals surface area contributed by atoms with Crippen molar-refractivity contribution in [3.8, 4) is 6.01 Å². The van der Waals surface area contributed by atoms with E-state index in [2.05, 4.69) is 15.0 Å². The second-order valence-electron chi connectivity index (χ2n) is 4.60. The molecule has 7 heteroatoms. The summed E-state index contributed by atoms with van der Waals surface area (Å²) in [4.78, 5) is 14.3. The fraction of sp³-hybridized carbons (Fsp3) is 0.750. The van der Waals surface area contributed by atoms with Gasteiger partial charge in [0.1, 0.15) is 0 Å². The third-order valence-corrected chi connectivity index (χ3v) is 3.54. The van der Waals surface area contributed by atoms with Gasteiger partial charge in [-0.25, -0.2) is 0 Å². The van der Waals surface area contributed by atoms with E-state index in [1.54, 1.807) is 0 Å². The fourth-order valence-corrected chi connectivity index (χ4v) is 2.64. The minimum atomic E-state index is 0.0577. The highest BCUT2D eigenvalue weighted by atomic mass is 35.5. The molecule has 0 aromatic carbocycles. The molecule has 1 aliphatic rings. The van der Waals surface area contributed by atoms with Crippen LogP contribution in [0.1, 0.15) is 32.1 Å². The number of halogens is 1. The lowest BCUT2D eigenvalue weighted by molar-refractivity contribution is 0.288. The molecule has 0 amide bonds. The largest absolute Gasteiger partial charge is 0.467 e. The second kappa shape index (κ2) is 6.86. The smallest absolute Gasteiger partial charge is 0.322 e. The Kier molecular flexibility index (Phi) is 5.15. The number of methoxy groups -OCH3 is 1. The van der Waals surface area contributed by atoms with Crippen molar-refractivity contribution in [1.29, 1.82) is 0 Å². The molecule has 106 valence electrons. The molecule has 1 aliphatic carbocycles. The zero-order valence-corrected chi connectivity index (χ0v) is 11.8. The quantitative estimate of drug-likeness (QED) is 0.888. The first-order valence-electron chi connectivity index (χ1n) is 6.57. The van der Waals surface area contributed by atoms with Gasteiger partial charge in [0, 0.05) is 12.6 Å². The van der Waals surface area contributed by atoms with Crippen LogP contribution in [0.4, 0.5) is 5.95 Å². The normalized spacial score (nSPS) is 16.4. The number of hydrogen-bond donors (Lipinski definition) is 1. The van der Waals surface area contributed by atoms with E-state index in [0.717, 1.165) is 12.8 Å². The van der Waals surface area contributed by atoms with Gasteiger partial charge in [0.2, 0.25) is 11.2 Å². The van der Waals surface area contributed by atoms with Crippen LogP contribution >= 0.6 is 11.6 Å². The molecule has 0 saturated heterocycles. The van der Waals surface area contributed by atoms with E-state index in [9.17, 15) is 5.11 Å². The summed E-state index contributed by atoms with van der Waals surface area (Å²) in [5.41, 5.74) is 0. The molecule has 1 aromatic heterocycles. The van der Waals surface area contributed by atoms with Crippen LogP contribution in [0.3, 0.4) is 0 Å². The maximum Gasteiger partial charge on any atom is 0.322 e. The molecule has 1 N–H and O–H groups in total. The lowest BCUT2D eigenvalue weighted by Crippen LogP contribution is -2.40. The summed E-state index contributed by atoms with van der Waals surface area (Å²) < 4.78 is 5.02. The molecule has 0 spiro atoms. The summed E-state index contributed by atoms with van der Waals surface area (Å²) in [5.74, 6) is 0.484. The first-order chi connectivity index (χ1) is 9.24. The van der Waals surface area contributed by atoms with Gasteiger partial charge in [-0.3, -0.25) is 0 Å². The second-order valence-corrected chi connectivity index (χ2v) is 4.94. The molecule has 1 fully saturated rings. The molecule has 0 atom stereocenters. The topological polar surface area (TPSA) is 71.4 Å². The van der Waals surface area contributed by atoms with Crippen LogP contribution in [0, 0.1) is 0 Å². The van der Waals surface area contributed by atoms with Crippen LogP contribution in [-0.2, 0) is 0 Å². The summed E-state index contributed by atoms with van der Waals surface area (Å²) >= 11 is 5.88. The highest BCUT2D eigenvalue weighted by Gasteiger charge is 2.24. The Morgan fingerprint density at radius 2 is 2.00 bits per heavy atom. The summed E-state index contributed by atoms with van der Waals surface area (Å²) in [6.07, 6.45) is 5.84. The van der Waals surface area contributed by atoms with Crippen molar-refractivity contribution < 1.29 is 9.84 Å². The Hall–Kier alpha value is -1.14. The Bertz CT molecular complexity index is 413. The maximum absolute atomic E-state index is 9.25. The molecule has 0 bridgehead atoms. The molecule has 19 heavy (non-hydrogen) atoms. The first-order valence-corrected chi connectivity index (χ1v) is 6.95. The summed E-state index contributed by atoms with van der Waals surface area (Å²) in [6, 6.07) is 0.554. The van der Waals surface area contributed by atoms with Gasteiger partial charge < -0.3 is 14.7 Å². The van der Waals surface area contributed by atoms with Gasteiger partial charge >= 0.3 is 6.01 Å². The number of nitrogens with zero attached hydrogens (tertiary/aromatic N) is 4. The number of hydrogen-bond acceptors (Lipinski definition) is 6. The van der Waals surface area contributed by atoms with Gasteiger partial charge in [0.15, 0.2) is 0 Å². The fourth-order valence-electron chi connectivity index (χ4n) is 2.49. The molecule has 0 radical (unpaired) electrons. The lowest BCUT2D eigenvalue weighted by Gasteiger charge is -2.33. The zero-order chi connectivity index (χ0) is 13.7. The van der Waals surface area contributed by atoms with E-state index in [1.165, 1.54) is 26.4 Å². The van der Waals surface area contributed by atoms with Crippen LogP contribution in [0.5, 0.6) is 6.01 Å². The Morgan fingerprint density at radius 3 is 2.63 bits per heavy atom. The van der Waals surface area contributed by atoms with Gasteiger partial charge in [0.25, 0.3) is 0 Å². The third kappa shape index (κ3) is 3.67. The first kappa shape index (κ1) is 14.3. The average molecular weight is 287 g/mol. The van der Waals surface area contributed by atoms with Crippen LogP contribution < -0.4 is 9.64 Å². The van der Waals surface area contributed by atoms with Crippen molar-refractivity contribution in [2.75, 3.05) is 25.2 Å². The summed E-state index contributed by atoms with van der Waals surface area (Å²) in [6.45, 7) is 0.552. The number of aliphatic hydroxyl groups is 1. The van der Waals surface area contributed by atoms with Crippen molar-refractivity contribution in [2.45, 2.75) is 38.1 Å². The van der Waals surface area contributed by atoms with E-state index in [0.29, 0.717) is 18.5 Å². The maximum atomic E-state index is 9.25. The predicted octanol–water partition coefficient (Wildman–Crippen LogP) is 1.66. The van der Waals surface area contributed by atoms with Gasteiger partial charge in [-0.2, -0.15) is 15.0 Å². The third-order valence-electron chi connectivity index (χ3n) is 3.37. The number of rotatable bonds is 5. The highest BCUT2D eigenvalue weighted by molar-refractivity contribution is 6.28. The van der Waals surface area contributed by atoms with Gasteiger partial charge in [-0.15, -0.1) is 0 Å². The summed E-state index contributed by atoms with van der Waals surface area (Å²) in [5, 5.41) is 9.36. The van der Waals surface area contributed by atoms with Gasteiger partial charge in [-0.1, -0.05) is 19.3 Å². The molecular formula is C12H19ClN4O2. The minimum Gasteiger partial charge on any atom is -0.467 e. The number of aromatic nitrogens is 3. The average Bonchev–Trinajstić information content (AvgIpc) is 2.45. The van der Waals surface area contributed by atoms with E-state index >= 15 is 0 Å². The Morgan fingerprint density at radius 1 is 1.26 bits per heavy atom. The lowest BCUT2D eigenvalue weighted by atomic mass is 9.94. The highest BCUT2D eigenvalue weighted by Crippen LogP contribution is 2.26. The number of aliphatic hydroxyl groups excluding tert-OH is 1. The Balaban J connectivity index is 2.24. The van der Waals surface area contributed by atoms with Gasteiger partial charge in [0.05, 0.1) is 13.7 Å². The molecule has 6 nitrogen and oxygen atoms in total. The standard InChI is InChI=1S/C12H19ClN4O2/c1-19-12-15-10(13)14-11(16-12)17(7-8-18)9-5-3-2-4-6-9/h9,18H,2-8H2,1H3. The minimum absolute atomic E-state index is 0.0577. The van der Waals surface area contributed by atoms with Crippen LogP contribution in [0.25, 0.3) is 0 Å².